The van der Waals surface area contributed by atoms with Crippen LogP contribution in [0.3, 0.4) is 0 Å². The van der Waals surface area contributed by atoms with Crippen LogP contribution in [-0.4, -0.2) is 41.7 Å². The van der Waals surface area contributed by atoms with Crippen LogP contribution in [0, 0.1) is 6.92 Å². The van der Waals surface area contributed by atoms with Gasteiger partial charge in [-0.15, -0.1) is 0 Å². The molecule has 0 saturated heterocycles. The molecule has 0 saturated carbocycles. The number of benzene rings is 1. The van der Waals surface area contributed by atoms with E-state index >= 15 is 0 Å². The van der Waals surface area contributed by atoms with Gasteiger partial charge in [-0.05, 0) is 25.5 Å². The Kier molecular flexibility index (Phi) is 6.82. The maximum Gasteiger partial charge on any atom is 0.315 e. The molecule has 24 heavy (non-hydrogen) atoms. The van der Waals surface area contributed by atoms with E-state index in [1.54, 1.807) is 18.6 Å². The fraction of sp³-hybridized carbons (Fsp3) is 0.353. The van der Waals surface area contributed by atoms with Crippen LogP contribution in [-0.2, 0) is 0 Å². The normalized spacial score (nSPS) is 11.4. The first-order valence-electron chi connectivity index (χ1n) is 7.88. The number of carbonyl (C=O) groups excluding carboxylic acids is 1. The van der Waals surface area contributed by atoms with E-state index in [0.29, 0.717) is 25.5 Å². The molecule has 2 amide bonds. The van der Waals surface area contributed by atoms with Crippen molar-refractivity contribution in [1.29, 1.82) is 0 Å². The van der Waals surface area contributed by atoms with Crippen molar-refractivity contribution in [2.45, 2.75) is 19.9 Å². The summed E-state index contributed by atoms with van der Waals surface area (Å²) in [4.78, 5) is 19.8. The van der Waals surface area contributed by atoms with Gasteiger partial charge in [-0.1, -0.05) is 18.2 Å². The number of ether oxygens (including phenoxy) is 1. The predicted molar refractivity (Wildman–Crippen MR) is 93.2 cm³/mol. The monoisotopic (exact) mass is 329 g/mol. The Morgan fingerprint density at radius 2 is 2.08 bits per heavy atom. The van der Waals surface area contributed by atoms with Crippen LogP contribution >= 0.6 is 0 Å². The topological polar surface area (TPSA) is 88.2 Å². The standard InChI is InChI=1S/C17H23N5O2/c1-13-5-3-4-6-15(13)24-12-14(2)22-17(23)21-10-9-20-16-11-18-7-8-19-16/h3-8,11,14H,9-10,12H2,1-2H3,(H,19,20)(H2,21,22,23)/t14-/m1/s1. The zero-order valence-electron chi connectivity index (χ0n) is 14.0. The lowest BCUT2D eigenvalue weighted by molar-refractivity contribution is 0.226. The number of rotatable bonds is 8. The zero-order chi connectivity index (χ0) is 17.2. The van der Waals surface area contributed by atoms with Crippen LogP contribution < -0.4 is 20.7 Å². The van der Waals surface area contributed by atoms with Gasteiger partial charge >= 0.3 is 6.03 Å². The first-order valence-corrected chi connectivity index (χ1v) is 7.88. The number of hydrogen-bond acceptors (Lipinski definition) is 5. The van der Waals surface area contributed by atoms with Crippen LogP contribution in [0.5, 0.6) is 5.75 Å². The molecule has 1 heterocycles. The minimum atomic E-state index is -0.225. The number of urea groups is 1. The van der Waals surface area contributed by atoms with Gasteiger partial charge in [0, 0.05) is 25.5 Å². The number of nitrogens with one attached hydrogen (secondary N) is 3. The Morgan fingerprint density at radius 3 is 2.83 bits per heavy atom. The van der Waals surface area contributed by atoms with Crippen LogP contribution in [0.25, 0.3) is 0 Å². The highest BCUT2D eigenvalue weighted by Gasteiger charge is 2.08. The SMILES string of the molecule is Cc1ccccc1OC[C@@H](C)NC(=O)NCCNc1cnccn1. The van der Waals surface area contributed by atoms with Gasteiger partial charge in [0.05, 0.1) is 12.2 Å². The van der Waals surface area contributed by atoms with E-state index in [1.807, 2.05) is 38.1 Å². The number of hydrogen-bond donors (Lipinski definition) is 3. The Morgan fingerprint density at radius 1 is 1.25 bits per heavy atom. The zero-order valence-corrected chi connectivity index (χ0v) is 14.0. The lowest BCUT2D eigenvalue weighted by Gasteiger charge is -2.16. The summed E-state index contributed by atoms with van der Waals surface area (Å²) < 4.78 is 5.71. The van der Waals surface area contributed by atoms with Crippen LogP contribution in [0.1, 0.15) is 12.5 Å². The number of nitrogens with zero attached hydrogens (tertiary/aromatic N) is 2. The molecule has 7 heteroatoms. The number of carbonyl (C=O) groups is 1. The van der Waals surface area contributed by atoms with Gasteiger partial charge in [0.25, 0.3) is 0 Å². The van der Waals surface area contributed by atoms with E-state index in [2.05, 4.69) is 25.9 Å². The van der Waals surface area contributed by atoms with Crippen LogP contribution in [0.2, 0.25) is 0 Å². The molecular weight excluding hydrogens is 306 g/mol. The molecule has 128 valence electrons. The molecule has 1 aromatic carbocycles. The molecule has 2 aromatic rings. The van der Waals surface area contributed by atoms with E-state index < -0.39 is 0 Å². The molecule has 2 rings (SSSR count). The summed E-state index contributed by atoms with van der Waals surface area (Å²) in [5.41, 5.74) is 1.07. The van der Waals surface area contributed by atoms with Gasteiger partial charge in [-0.2, -0.15) is 0 Å². The predicted octanol–water partition coefficient (Wildman–Crippen LogP) is 1.96. The van der Waals surface area contributed by atoms with Crippen molar-refractivity contribution in [3.63, 3.8) is 0 Å². The summed E-state index contributed by atoms with van der Waals surface area (Å²) in [6.45, 7) is 5.35. The molecule has 0 unspecified atom stereocenters. The highest BCUT2D eigenvalue weighted by molar-refractivity contribution is 5.74. The third-order valence-corrected chi connectivity index (χ3v) is 3.24. The van der Waals surface area contributed by atoms with Gasteiger partial charge in [-0.3, -0.25) is 4.98 Å². The van der Waals surface area contributed by atoms with E-state index in [1.165, 1.54) is 0 Å². The van der Waals surface area contributed by atoms with E-state index in [0.717, 1.165) is 11.3 Å². The molecule has 3 N–H and O–H groups in total. The molecular formula is C17H23N5O2. The fourth-order valence-electron chi connectivity index (χ4n) is 2.01. The smallest absolute Gasteiger partial charge is 0.315 e. The fourth-order valence-corrected chi connectivity index (χ4v) is 2.01. The molecule has 1 atom stereocenters. The maximum atomic E-state index is 11.8. The second-order valence-corrected chi connectivity index (χ2v) is 5.40. The van der Waals surface area contributed by atoms with Gasteiger partial charge in [0.15, 0.2) is 0 Å². The molecule has 0 radical (unpaired) electrons. The van der Waals surface area contributed by atoms with Crippen LogP contribution in [0.15, 0.2) is 42.9 Å². The quantitative estimate of drug-likeness (QED) is 0.644. The highest BCUT2D eigenvalue weighted by Crippen LogP contribution is 2.16. The number of para-hydroxylation sites is 1. The summed E-state index contributed by atoms with van der Waals surface area (Å²) in [5, 5.41) is 8.68. The third kappa shape index (κ3) is 6.12. The number of amides is 2. The Labute approximate surface area is 141 Å². The summed E-state index contributed by atoms with van der Waals surface area (Å²) in [7, 11) is 0. The molecule has 0 aliphatic rings. The Hall–Kier alpha value is -2.83. The first-order chi connectivity index (χ1) is 11.6. The number of anilines is 1. The summed E-state index contributed by atoms with van der Waals surface area (Å²) in [6.07, 6.45) is 4.85. The van der Waals surface area contributed by atoms with Crippen molar-refractivity contribution in [3.05, 3.63) is 48.4 Å². The van der Waals surface area contributed by atoms with Crippen molar-refractivity contribution >= 4 is 11.8 Å². The molecule has 0 bridgehead atoms. The minimum Gasteiger partial charge on any atom is -0.491 e. The van der Waals surface area contributed by atoms with Gasteiger partial charge in [0.1, 0.15) is 18.2 Å². The Balaban J connectivity index is 1.60. The number of aryl methyl sites for hydroxylation is 1. The molecule has 0 fully saturated rings. The van der Waals surface area contributed by atoms with Crippen molar-refractivity contribution in [2.75, 3.05) is 25.0 Å². The number of aromatic nitrogens is 2. The van der Waals surface area contributed by atoms with Crippen LogP contribution in [0.4, 0.5) is 10.6 Å². The highest BCUT2D eigenvalue weighted by atomic mass is 16.5. The third-order valence-electron chi connectivity index (χ3n) is 3.24. The minimum absolute atomic E-state index is 0.0995. The van der Waals surface area contributed by atoms with Crippen molar-refractivity contribution in [2.24, 2.45) is 0 Å². The molecule has 0 spiro atoms. The first kappa shape index (κ1) is 17.5. The summed E-state index contributed by atoms with van der Waals surface area (Å²) in [6, 6.07) is 7.48. The molecule has 0 aliphatic heterocycles. The van der Waals surface area contributed by atoms with E-state index in [-0.39, 0.29) is 12.1 Å². The molecule has 7 nitrogen and oxygen atoms in total. The second-order valence-electron chi connectivity index (χ2n) is 5.40. The maximum absolute atomic E-state index is 11.8. The van der Waals surface area contributed by atoms with E-state index in [4.69, 9.17) is 4.74 Å². The summed E-state index contributed by atoms with van der Waals surface area (Å²) >= 11 is 0. The van der Waals surface area contributed by atoms with Crippen molar-refractivity contribution in [3.8, 4) is 5.75 Å². The van der Waals surface area contributed by atoms with Gasteiger partial charge in [-0.25, -0.2) is 9.78 Å². The average Bonchev–Trinajstić information content (AvgIpc) is 2.59. The summed E-state index contributed by atoms with van der Waals surface area (Å²) in [5.74, 6) is 1.51. The van der Waals surface area contributed by atoms with Gasteiger partial charge in [0.2, 0.25) is 0 Å². The largest absolute Gasteiger partial charge is 0.491 e. The molecule has 0 aliphatic carbocycles. The lowest BCUT2D eigenvalue weighted by Crippen LogP contribution is -2.44. The van der Waals surface area contributed by atoms with Crippen molar-refractivity contribution < 1.29 is 9.53 Å². The van der Waals surface area contributed by atoms with Gasteiger partial charge < -0.3 is 20.7 Å². The second kappa shape index (κ2) is 9.34. The molecule has 1 aromatic heterocycles. The lowest BCUT2D eigenvalue weighted by atomic mass is 10.2. The van der Waals surface area contributed by atoms with E-state index in [9.17, 15) is 4.79 Å². The Bertz CT molecular complexity index is 636. The van der Waals surface area contributed by atoms with Crippen molar-refractivity contribution in [1.82, 2.24) is 20.6 Å². The average molecular weight is 329 g/mol.